The SMILES string of the molecule is Cc1cc(C)cc(CNC(=O)C2C=c3c(C)cccc3=[N+]2Cc2cccc(C(=N)N)c2)c1. The number of carbonyl (C=O) groups excluding carboxylic acids is 1. The third kappa shape index (κ3) is 4.47. The van der Waals surface area contributed by atoms with Gasteiger partial charge in [0.05, 0.1) is 5.22 Å². The van der Waals surface area contributed by atoms with Crippen LogP contribution in [0.2, 0.25) is 0 Å². The molecule has 0 aliphatic carbocycles. The number of nitrogens with two attached hydrogens (primary N) is 1. The number of hydrogen-bond acceptors (Lipinski definition) is 2. The fourth-order valence-corrected chi connectivity index (χ4v) is 4.43. The van der Waals surface area contributed by atoms with E-state index in [9.17, 15) is 4.79 Å². The van der Waals surface area contributed by atoms with Crippen molar-refractivity contribution in [1.29, 1.82) is 5.41 Å². The van der Waals surface area contributed by atoms with E-state index in [1.807, 2.05) is 30.3 Å². The van der Waals surface area contributed by atoms with E-state index in [0.717, 1.165) is 27.3 Å². The molecule has 1 aliphatic rings. The fourth-order valence-electron chi connectivity index (χ4n) is 4.43. The number of nitrogens with zero attached hydrogens (tertiary/aromatic N) is 1. The van der Waals surface area contributed by atoms with Crippen molar-refractivity contribution in [2.75, 3.05) is 0 Å². The van der Waals surface area contributed by atoms with Gasteiger partial charge in [-0.1, -0.05) is 59.7 Å². The van der Waals surface area contributed by atoms with Gasteiger partial charge in [-0.2, -0.15) is 0 Å². The van der Waals surface area contributed by atoms with Crippen LogP contribution in [0.4, 0.5) is 0 Å². The Bertz CT molecular complexity index is 1320. The fraction of sp³-hybridized carbons (Fsp3) is 0.222. The van der Waals surface area contributed by atoms with Crippen LogP contribution >= 0.6 is 0 Å². The summed E-state index contributed by atoms with van der Waals surface area (Å²) in [7, 11) is 0. The maximum Gasteiger partial charge on any atom is 0.293 e. The second-order valence-corrected chi connectivity index (χ2v) is 8.57. The molecule has 3 aromatic carbocycles. The van der Waals surface area contributed by atoms with Gasteiger partial charge in [0.15, 0.2) is 6.54 Å². The third-order valence-corrected chi connectivity index (χ3v) is 5.88. The second kappa shape index (κ2) is 8.79. The molecule has 1 aliphatic heterocycles. The molecule has 5 heteroatoms. The van der Waals surface area contributed by atoms with Gasteiger partial charge in [0.2, 0.25) is 5.36 Å². The molecule has 4 N–H and O–H groups in total. The first kappa shape index (κ1) is 21.5. The minimum absolute atomic E-state index is 0.0255. The molecular formula is C27H29N4O+. The number of aryl methyl sites for hydroxylation is 3. The Morgan fingerprint density at radius 3 is 2.44 bits per heavy atom. The molecule has 4 rings (SSSR count). The van der Waals surface area contributed by atoms with Crippen molar-refractivity contribution in [3.05, 3.63) is 105 Å². The average Bonchev–Trinajstić information content (AvgIpc) is 3.11. The third-order valence-electron chi connectivity index (χ3n) is 5.88. The first-order valence-corrected chi connectivity index (χ1v) is 10.8. The van der Waals surface area contributed by atoms with Crippen molar-refractivity contribution in [3.8, 4) is 0 Å². The zero-order valence-electron chi connectivity index (χ0n) is 18.8. The molecule has 0 fully saturated rings. The van der Waals surface area contributed by atoms with Crippen molar-refractivity contribution >= 4 is 17.8 Å². The maximum absolute atomic E-state index is 13.3. The number of benzene rings is 3. The van der Waals surface area contributed by atoms with Crippen LogP contribution in [0.1, 0.15) is 33.4 Å². The molecule has 1 atom stereocenters. The first-order chi connectivity index (χ1) is 15.3. The molecule has 0 bridgehead atoms. The summed E-state index contributed by atoms with van der Waals surface area (Å²) in [4.78, 5) is 13.3. The van der Waals surface area contributed by atoms with E-state index in [-0.39, 0.29) is 11.7 Å². The molecule has 0 saturated heterocycles. The Morgan fingerprint density at radius 1 is 1.00 bits per heavy atom. The van der Waals surface area contributed by atoms with Gasteiger partial charge in [-0.3, -0.25) is 10.2 Å². The van der Waals surface area contributed by atoms with Crippen LogP contribution in [-0.4, -0.2) is 17.8 Å². The van der Waals surface area contributed by atoms with E-state index in [2.05, 4.69) is 67.1 Å². The topological polar surface area (TPSA) is 82.0 Å². The first-order valence-electron chi connectivity index (χ1n) is 10.8. The van der Waals surface area contributed by atoms with Gasteiger partial charge < -0.3 is 11.1 Å². The summed E-state index contributed by atoms with van der Waals surface area (Å²) < 4.78 is 2.12. The Hall–Kier alpha value is -3.73. The van der Waals surface area contributed by atoms with Gasteiger partial charge in [0, 0.05) is 29.8 Å². The highest BCUT2D eigenvalue weighted by Gasteiger charge is 2.32. The smallest absolute Gasteiger partial charge is 0.293 e. The quantitative estimate of drug-likeness (QED) is 0.321. The molecule has 1 amide bonds. The summed E-state index contributed by atoms with van der Waals surface area (Å²) in [5.74, 6) is 0.0151. The lowest BCUT2D eigenvalue weighted by molar-refractivity contribution is -0.122. The van der Waals surface area contributed by atoms with Crippen LogP contribution in [0.3, 0.4) is 0 Å². The molecule has 5 nitrogen and oxygen atoms in total. The predicted octanol–water partition coefficient (Wildman–Crippen LogP) is 2.07. The van der Waals surface area contributed by atoms with Crippen molar-refractivity contribution in [1.82, 2.24) is 9.89 Å². The highest BCUT2D eigenvalue weighted by atomic mass is 16.2. The minimum Gasteiger partial charge on any atom is -0.384 e. The lowest BCUT2D eigenvalue weighted by Gasteiger charge is -2.12. The summed E-state index contributed by atoms with van der Waals surface area (Å²) in [6, 6.07) is 19.7. The van der Waals surface area contributed by atoms with Gasteiger partial charge >= 0.3 is 0 Å². The van der Waals surface area contributed by atoms with Crippen molar-refractivity contribution in [2.24, 2.45) is 5.73 Å². The van der Waals surface area contributed by atoms with Crippen molar-refractivity contribution < 1.29 is 4.79 Å². The lowest BCUT2D eigenvalue weighted by atomic mass is 10.1. The number of amides is 1. The van der Waals surface area contributed by atoms with Crippen LogP contribution < -0.4 is 26.2 Å². The lowest BCUT2D eigenvalue weighted by Crippen LogP contribution is -2.45. The van der Waals surface area contributed by atoms with E-state index < -0.39 is 6.04 Å². The monoisotopic (exact) mass is 425 g/mol. The molecule has 162 valence electrons. The van der Waals surface area contributed by atoms with Gasteiger partial charge in [-0.15, -0.1) is 0 Å². The molecule has 0 saturated carbocycles. The maximum atomic E-state index is 13.3. The Balaban J connectivity index is 1.65. The number of rotatable bonds is 6. The van der Waals surface area contributed by atoms with E-state index in [1.54, 1.807) is 0 Å². The molecule has 32 heavy (non-hydrogen) atoms. The average molecular weight is 426 g/mol. The Kier molecular flexibility index (Phi) is 5.91. The number of amidine groups is 1. The standard InChI is InChI=1S/C27H28N4O/c1-17-10-18(2)12-21(11-17)15-30-27(32)25-14-23-19(3)6-4-9-24(23)31(25)16-20-7-5-8-22(13-20)26(28)29/h4-14,25H,15-16H2,1-3H3,(H3-,28,29,30,32)/p+1. The normalized spacial score (nSPS) is 14.6. The summed E-state index contributed by atoms with van der Waals surface area (Å²) >= 11 is 0. The minimum atomic E-state index is -0.405. The summed E-state index contributed by atoms with van der Waals surface area (Å²) in [6.45, 7) is 7.25. The van der Waals surface area contributed by atoms with Crippen molar-refractivity contribution in [3.63, 3.8) is 0 Å². The highest BCUT2D eigenvalue weighted by molar-refractivity contribution is 5.95. The van der Waals surface area contributed by atoms with Gasteiger partial charge in [-0.05, 0) is 38.0 Å². The zero-order chi connectivity index (χ0) is 22.8. The molecule has 3 aromatic rings. The Labute approximate surface area is 188 Å². The summed E-state index contributed by atoms with van der Waals surface area (Å²) in [5, 5.41) is 13.0. The van der Waals surface area contributed by atoms with E-state index in [1.165, 1.54) is 11.1 Å². The predicted molar refractivity (Wildman–Crippen MR) is 129 cm³/mol. The van der Waals surface area contributed by atoms with Crippen LogP contribution in [-0.2, 0) is 17.9 Å². The number of nitrogens with one attached hydrogen (secondary N) is 2. The largest absolute Gasteiger partial charge is 0.384 e. The number of hydrogen-bond donors (Lipinski definition) is 3. The van der Waals surface area contributed by atoms with Gasteiger partial charge in [-0.25, -0.2) is 4.58 Å². The number of nitrogen functional groups attached to an aromatic ring is 1. The number of fused-ring (bicyclic) bond motifs is 1. The van der Waals surface area contributed by atoms with E-state index in [0.29, 0.717) is 18.7 Å². The zero-order valence-corrected chi connectivity index (χ0v) is 18.8. The van der Waals surface area contributed by atoms with E-state index >= 15 is 0 Å². The van der Waals surface area contributed by atoms with Crippen LogP contribution in [0.25, 0.3) is 6.08 Å². The molecule has 0 radical (unpaired) electrons. The van der Waals surface area contributed by atoms with E-state index in [4.69, 9.17) is 11.1 Å². The van der Waals surface area contributed by atoms with Crippen LogP contribution in [0.5, 0.6) is 0 Å². The second-order valence-electron chi connectivity index (χ2n) is 8.57. The summed E-state index contributed by atoms with van der Waals surface area (Å²) in [6.07, 6.45) is 2.05. The Morgan fingerprint density at radius 2 is 1.72 bits per heavy atom. The number of carbonyl (C=O) groups is 1. The van der Waals surface area contributed by atoms with Crippen LogP contribution in [0, 0.1) is 26.2 Å². The summed E-state index contributed by atoms with van der Waals surface area (Å²) in [5.41, 5.74) is 12.0. The molecule has 0 aromatic heterocycles. The highest BCUT2D eigenvalue weighted by Crippen LogP contribution is 2.11. The van der Waals surface area contributed by atoms with Crippen LogP contribution in [0.15, 0.2) is 60.7 Å². The molecular weight excluding hydrogens is 396 g/mol. The van der Waals surface area contributed by atoms with Gasteiger partial charge in [0.25, 0.3) is 11.9 Å². The van der Waals surface area contributed by atoms with Crippen molar-refractivity contribution in [2.45, 2.75) is 39.9 Å². The molecule has 0 spiro atoms. The van der Waals surface area contributed by atoms with Gasteiger partial charge in [0.1, 0.15) is 5.84 Å². The molecule has 1 heterocycles. The molecule has 1 unspecified atom stereocenters.